The average molecular weight is 743 g/mol. The minimum absolute atomic E-state index is 0.150. The van der Waals surface area contributed by atoms with E-state index in [1.807, 2.05) is 0 Å². The third-order valence-corrected chi connectivity index (χ3v) is 15.5. The van der Waals surface area contributed by atoms with Crippen molar-refractivity contribution < 1.29 is 0 Å². The molecule has 0 aliphatic heterocycles. The minimum Gasteiger partial charge on any atom is -0.309 e. The Morgan fingerprint density at radius 1 is 0.362 bits per heavy atom. The molecule has 5 aliphatic carbocycles. The largest absolute Gasteiger partial charge is 0.309 e. The molecule has 0 radical (unpaired) electrons. The van der Waals surface area contributed by atoms with Crippen molar-refractivity contribution in [3.63, 3.8) is 0 Å². The van der Waals surface area contributed by atoms with E-state index >= 15 is 0 Å². The Kier molecular flexibility index (Phi) is 6.22. The van der Waals surface area contributed by atoms with Crippen LogP contribution in [0.25, 0.3) is 88.0 Å². The van der Waals surface area contributed by atoms with E-state index in [9.17, 15) is 0 Å². The monoisotopic (exact) mass is 742 g/mol. The minimum atomic E-state index is 0.150. The lowest BCUT2D eigenvalue weighted by Crippen LogP contribution is -2.55. The van der Waals surface area contributed by atoms with Gasteiger partial charge in [0.05, 0.1) is 22.1 Å². The highest BCUT2D eigenvalue weighted by molar-refractivity contribution is 6.13. The van der Waals surface area contributed by atoms with Gasteiger partial charge in [-0.05, 0) is 161 Å². The first-order valence-electron chi connectivity index (χ1n) is 21.5. The second-order valence-electron chi connectivity index (χ2n) is 18.1. The fourth-order valence-corrected chi connectivity index (χ4v) is 13.5. The van der Waals surface area contributed by atoms with Gasteiger partial charge in [0.15, 0.2) is 0 Å². The number of aromatic nitrogens is 2. The molecule has 0 saturated heterocycles. The van der Waals surface area contributed by atoms with Crippen LogP contribution in [0.15, 0.2) is 170 Å². The van der Waals surface area contributed by atoms with E-state index in [0.29, 0.717) is 0 Å². The molecule has 2 aromatic heterocycles. The lowest BCUT2D eigenvalue weighted by molar-refractivity contribution is -0.0399. The van der Waals surface area contributed by atoms with E-state index in [2.05, 4.69) is 179 Å². The molecule has 4 saturated carbocycles. The number of fused-ring (bicyclic) bond motifs is 10. The molecule has 5 aliphatic rings. The Hall–Kier alpha value is -6.38. The Labute approximate surface area is 338 Å². The first kappa shape index (κ1) is 31.7. The van der Waals surface area contributed by atoms with Gasteiger partial charge in [-0.2, -0.15) is 0 Å². The molecule has 4 bridgehead atoms. The fourth-order valence-electron chi connectivity index (χ4n) is 13.5. The van der Waals surface area contributed by atoms with Crippen LogP contribution in [0.4, 0.5) is 0 Å². The van der Waals surface area contributed by atoms with Crippen molar-refractivity contribution in [3.05, 3.63) is 181 Å². The number of hydrogen-bond donors (Lipinski definition) is 0. The van der Waals surface area contributed by atoms with Crippen LogP contribution >= 0.6 is 0 Å². The van der Waals surface area contributed by atoms with E-state index in [0.717, 1.165) is 23.7 Å². The molecule has 2 heteroatoms. The highest BCUT2D eigenvalue weighted by atomic mass is 15.0. The number of nitrogens with zero attached hydrogens (tertiary/aromatic N) is 2. The second kappa shape index (κ2) is 11.4. The lowest BCUT2D eigenvalue weighted by Gasteiger charge is -2.61. The van der Waals surface area contributed by atoms with Crippen LogP contribution in [0.3, 0.4) is 0 Å². The zero-order valence-corrected chi connectivity index (χ0v) is 32.4. The van der Waals surface area contributed by atoms with E-state index in [4.69, 9.17) is 0 Å². The molecular weight excluding hydrogens is 701 g/mol. The topological polar surface area (TPSA) is 9.86 Å². The highest BCUT2D eigenvalue weighted by Gasteiger charge is 2.61. The standard InChI is InChI=1S/C56H42N2/c1-2-10-37-30-42(20-17-36(37)9-1)57-52-15-7-4-12-46(52)48-31-38(18-23-54(48)57)39-19-24-55-49(32-39)47-13-5-8-16-53(47)58(55)43-21-22-45-44-11-3-6-14-50(44)56(51(45)33-43)40-26-34-25-35(28-40)29-41(56)27-34/h1-24,30-35,40-41H,25-29H2. The summed E-state index contributed by atoms with van der Waals surface area (Å²) in [5, 5.41) is 7.69. The molecule has 276 valence electrons. The van der Waals surface area contributed by atoms with E-state index in [1.54, 1.807) is 11.1 Å². The van der Waals surface area contributed by atoms with Crippen molar-refractivity contribution in [3.8, 4) is 33.6 Å². The summed E-state index contributed by atoms with van der Waals surface area (Å²) in [6.07, 6.45) is 7.08. The van der Waals surface area contributed by atoms with Gasteiger partial charge in [-0.25, -0.2) is 0 Å². The molecule has 10 aromatic rings. The molecule has 58 heavy (non-hydrogen) atoms. The van der Waals surface area contributed by atoms with Crippen molar-refractivity contribution in [2.75, 3.05) is 0 Å². The van der Waals surface area contributed by atoms with Crippen molar-refractivity contribution in [2.45, 2.75) is 37.5 Å². The second-order valence-corrected chi connectivity index (χ2v) is 18.1. The average Bonchev–Trinajstić information content (AvgIpc) is 3.89. The van der Waals surface area contributed by atoms with E-state index in [1.165, 1.54) is 120 Å². The van der Waals surface area contributed by atoms with Crippen molar-refractivity contribution in [2.24, 2.45) is 23.7 Å². The van der Waals surface area contributed by atoms with Gasteiger partial charge in [0, 0.05) is 38.3 Å². The van der Waals surface area contributed by atoms with Crippen LogP contribution in [0, 0.1) is 23.7 Å². The van der Waals surface area contributed by atoms with E-state index < -0.39 is 0 Å². The Morgan fingerprint density at radius 2 is 0.879 bits per heavy atom. The van der Waals surface area contributed by atoms with Gasteiger partial charge >= 0.3 is 0 Å². The molecule has 4 fully saturated rings. The molecule has 2 nitrogen and oxygen atoms in total. The van der Waals surface area contributed by atoms with Crippen molar-refractivity contribution in [1.29, 1.82) is 0 Å². The Morgan fingerprint density at radius 3 is 1.55 bits per heavy atom. The van der Waals surface area contributed by atoms with E-state index in [-0.39, 0.29) is 5.41 Å². The zero-order chi connectivity index (χ0) is 37.7. The third kappa shape index (κ3) is 4.08. The molecule has 0 N–H and O–H groups in total. The SMILES string of the molecule is c1ccc2c(c1)-c1ccc(-n3c4ccccc4c4cc(-c5ccc6c(c5)c5ccccc5n6-c5ccc6ccccc6c5)ccc43)cc1C21C2CC3CC(C2)CC1C3. The van der Waals surface area contributed by atoms with Crippen LogP contribution < -0.4 is 0 Å². The van der Waals surface area contributed by atoms with Crippen LogP contribution in [-0.4, -0.2) is 9.13 Å². The molecule has 8 aromatic carbocycles. The normalized spacial score (nSPS) is 22.9. The quantitative estimate of drug-likeness (QED) is 0.171. The van der Waals surface area contributed by atoms with Gasteiger partial charge in [-0.15, -0.1) is 0 Å². The summed E-state index contributed by atoms with van der Waals surface area (Å²) in [5.41, 5.74) is 16.3. The third-order valence-electron chi connectivity index (χ3n) is 15.5. The first-order valence-corrected chi connectivity index (χ1v) is 21.5. The number of rotatable bonds is 3. The van der Waals surface area contributed by atoms with Gasteiger partial charge in [0.1, 0.15) is 0 Å². The summed E-state index contributed by atoms with van der Waals surface area (Å²) >= 11 is 0. The maximum absolute atomic E-state index is 2.64. The van der Waals surface area contributed by atoms with Gasteiger partial charge in [0.25, 0.3) is 0 Å². The summed E-state index contributed by atoms with van der Waals surface area (Å²) in [6.45, 7) is 0. The van der Waals surface area contributed by atoms with Crippen molar-refractivity contribution in [1.82, 2.24) is 9.13 Å². The summed E-state index contributed by atoms with van der Waals surface area (Å²) in [5.74, 6) is 3.37. The number of hydrogen-bond acceptors (Lipinski definition) is 0. The Balaban J connectivity index is 0.929. The maximum atomic E-state index is 2.64. The molecule has 0 unspecified atom stereocenters. The number of para-hydroxylation sites is 2. The van der Waals surface area contributed by atoms with Gasteiger partial charge in [0.2, 0.25) is 0 Å². The fraction of sp³-hybridized carbons (Fsp3) is 0.179. The van der Waals surface area contributed by atoms with Crippen LogP contribution in [0.5, 0.6) is 0 Å². The summed E-state index contributed by atoms with van der Waals surface area (Å²) in [6, 6.07) is 64.6. The summed E-state index contributed by atoms with van der Waals surface area (Å²) in [4.78, 5) is 0. The molecule has 2 heterocycles. The molecule has 15 rings (SSSR count). The molecule has 1 spiro atoms. The number of benzene rings is 8. The summed E-state index contributed by atoms with van der Waals surface area (Å²) < 4.78 is 4.99. The van der Waals surface area contributed by atoms with Gasteiger partial charge in [-0.1, -0.05) is 109 Å². The molecular formula is C56H42N2. The molecule has 0 atom stereocenters. The van der Waals surface area contributed by atoms with Gasteiger partial charge < -0.3 is 9.13 Å². The predicted octanol–water partition coefficient (Wildman–Crippen LogP) is 14.4. The molecule has 0 amide bonds. The first-order chi connectivity index (χ1) is 28.7. The van der Waals surface area contributed by atoms with Crippen LogP contribution in [0.2, 0.25) is 0 Å². The predicted molar refractivity (Wildman–Crippen MR) is 241 cm³/mol. The Bertz CT molecular complexity index is 3340. The smallest absolute Gasteiger partial charge is 0.0541 e. The maximum Gasteiger partial charge on any atom is 0.0541 e. The van der Waals surface area contributed by atoms with Crippen LogP contribution in [-0.2, 0) is 5.41 Å². The van der Waals surface area contributed by atoms with Gasteiger partial charge in [-0.3, -0.25) is 0 Å². The zero-order valence-electron chi connectivity index (χ0n) is 32.4. The summed E-state index contributed by atoms with van der Waals surface area (Å²) in [7, 11) is 0. The highest BCUT2D eigenvalue weighted by Crippen LogP contribution is 2.69. The lowest BCUT2D eigenvalue weighted by atomic mass is 9.43. The van der Waals surface area contributed by atoms with Crippen molar-refractivity contribution >= 4 is 54.4 Å². The van der Waals surface area contributed by atoms with Crippen LogP contribution in [0.1, 0.15) is 43.2 Å².